The molecule has 1 aliphatic carbocycles. The summed E-state index contributed by atoms with van der Waals surface area (Å²) < 4.78 is 30.6. The normalized spacial score (nSPS) is 15.9. The van der Waals surface area contributed by atoms with E-state index < -0.39 is 35.2 Å². The number of primary amides is 1. The number of nitrogens with one attached hydrogen (secondary N) is 1. The lowest BCUT2D eigenvalue weighted by Gasteiger charge is -2.27. The van der Waals surface area contributed by atoms with Crippen molar-refractivity contribution in [3.8, 4) is 17.2 Å². The number of aromatic nitrogens is 5. The van der Waals surface area contributed by atoms with Crippen molar-refractivity contribution in [2.75, 3.05) is 0 Å². The Labute approximate surface area is 222 Å². The van der Waals surface area contributed by atoms with Crippen LogP contribution in [0.3, 0.4) is 0 Å². The summed E-state index contributed by atoms with van der Waals surface area (Å²) in [5, 5.41) is 21.4. The van der Waals surface area contributed by atoms with Gasteiger partial charge in [-0.3, -0.25) is 23.9 Å². The fourth-order valence-electron chi connectivity index (χ4n) is 4.68. The van der Waals surface area contributed by atoms with Gasteiger partial charge in [0.2, 0.25) is 5.91 Å². The fraction of sp³-hybridized carbons (Fsp3) is 0.333. The summed E-state index contributed by atoms with van der Waals surface area (Å²) in [6.07, 6.45) is 8.08. The second-order valence-corrected chi connectivity index (χ2v) is 10.0. The first-order chi connectivity index (χ1) is 18.5. The van der Waals surface area contributed by atoms with E-state index in [4.69, 9.17) is 5.73 Å². The van der Waals surface area contributed by atoms with Gasteiger partial charge in [-0.25, -0.2) is 0 Å². The van der Waals surface area contributed by atoms with Crippen molar-refractivity contribution in [2.45, 2.75) is 56.7 Å². The number of carbonyl (C=O) groups is 2. The number of nitriles is 1. The van der Waals surface area contributed by atoms with Crippen molar-refractivity contribution in [1.29, 1.82) is 5.26 Å². The molecule has 1 aliphatic rings. The number of benzene rings is 1. The molecule has 2 amide bonds. The van der Waals surface area contributed by atoms with Gasteiger partial charge in [-0.05, 0) is 49.1 Å². The number of fused-ring (bicyclic) bond motifs is 1. The van der Waals surface area contributed by atoms with E-state index in [0.717, 1.165) is 29.4 Å². The first-order valence-electron chi connectivity index (χ1n) is 12.4. The summed E-state index contributed by atoms with van der Waals surface area (Å²) in [6.45, 7) is 2.15. The SMILES string of the molecule is C[C@H](NC(=O)C(C)(F)F)C(c1ccc(C2(C#N)CC2)nc1)n1ncc2cc(-c3cnn(CC(N)=O)c3)ccc21. The number of amides is 2. The molecule has 1 unspecified atom stereocenters. The molecule has 2 atom stereocenters. The second kappa shape index (κ2) is 9.58. The lowest BCUT2D eigenvalue weighted by Crippen LogP contribution is -2.46. The quantitative estimate of drug-likeness (QED) is 0.339. The van der Waals surface area contributed by atoms with Gasteiger partial charge in [-0.15, -0.1) is 0 Å². The molecule has 5 rings (SSSR count). The summed E-state index contributed by atoms with van der Waals surface area (Å²) in [7, 11) is 0. The van der Waals surface area contributed by atoms with Crippen LogP contribution in [0.25, 0.3) is 22.0 Å². The van der Waals surface area contributed by atoms with Crippen LogP contribution in [0, 0.1) is 11.3 Å². The third kappa shape index (κ3) is 5.07. The molecule has 200 valence electrons. The Morgan fingerprint density at radius 3 is 2.56 bits per heavy atom. The van der Waals surface area contributed by atoms with Gasteiger partial charge in [0.15, 0.2) is 0 Å². The van der Waals surface area contributed by atoms with Gasteiger partial charge in [0.1, 0.15) is 6.54 Å². The van der Waals surface area contributed by atoms with Crippen LogP contribution < -0.4 is 11.1 Å². The molecule has 12 heteroatoms. The molecule has 10 nitrogen and oxygen atoms in total. The third-order valence-corrected chi connectivity index (χ3v) is 6.96. The number of rotatable bonds is 9. The van der Waals surface area contributed by atoms with E-state index in [9.17, 15) is 23.6 Å². The van der Waals surface area contributed by atoms with Crippen LogP contribution in [0.4, 0.5) is 8.78 Å². The smallest absolute Gasteiger partial charge is 0.321 e. The number of nitrogens with two attached hydrogens (primary N) is 1. The Kier molecular flexibility index (Phi) is 6.38. The minimum Gasteiger partial charge on any atom is -0.368 e. The van der Waals surface area contributed by atoms with Gasteiger partial charge in [-0.1, -0.05) is 12.1 Å². The van der Waals surface area contributed by atoms with Crippen molar-refractivity contribution in [3.63, 3.8) is 0 Å². The van der Waals surface area contributed by atoms with E-state index in [2.05, 4.69) is 26.6 Å². The molecule has 1 fully saturated rings. The average Bonchev–Trinajstić information content (AvgIpc) is 3.38. The zero-order chi connectivity index (χ0) is 27.9. The number of pyridine rings is 1. The molecular formula is C27H26F2N8O2. The first kappa shape index (κ1) is 26.0. The van der Waals surface area contributed by atoms with Crippen molar-refractivity contribution < 1.29 is 18.4 Å². The summed E-state index contributed by atoms with van der Waals surface area (Å²) in [5.41, 5.74) is 8.29. The molecule has 0 radical (unpaired) electrons. The molecule has 3 N–H and O–H groups in total. The lowest BCUT2D eigenvalue weighted by molar-refractivity contribution is -0.143. The maximum Gasteiger partial charge on any atom is 0.321 e. The molecule has 1 saturated carbocycles. The van der Waals surface area contributed by atoms with Crippen LogP contribution in [-0.4, -0.2) is 48.3 Å². The lowest BCUT2D eigenvalue weighted by atomic mass is 9.98. The van der Waals surface area contributed by atoms with E-state index in [1.54, 1.807) is 48.5 Å². The van der Waals surface area contributed by atoms with Gasteiger partial charge in [0.25, 0.3) is 5.91 Å². The summed E-state index contributed by atoms with van der Waals surface area (Å²) >= 11 is 0. The van der Waals surface area contributed by atoms with Crippen LogP contribution in [0.2, 0.25) is 0 Å². The Bertz CT molecular complexity index is 1590. The number of nitrogens with zero attached hydrogens (tertiary/aromatic N) is 6. The van der Waals surface area contributed by atoms with Gasteiger partial charge in [0.05, 0.1) is 47.2 Å². The highest BCUT2D eigenvalue weighted by Crippen LogP contribution is 2.46. The second-order valence-electron chi connectivity index (χ2n) is 10.0. The van der Waals surface area contributed by atoms with Crippen molar-refractivity contribution in [2.24, 2.45) is 5.73 Å². The molecule has 1 aromatic carbocycles. The third-order valence-electron chi connectivity index (χ3n) is 6.96. The first-order valence-corrected chi connectivity index (χ1v) is 12.4. The number of hydrogen-bond donors (Lipinski definition) is 2. The van der Waals surface area contributed by atoms with E-state index in [-0.39, 0.29) is 6.54 Å². The fourth-order valence-corrected chi connectivity index (χ4v) is 4.68. The van der Waals surface area contributed by atoms with Gasteiger partial charge < -0.3 is 11.1 Å². The van der Waals surface area contributed by atoms with Gasteiger partial charge >= 0.3 is 5.92 Å². The van der Waals surface area contributed by atoms with Gasteiger partial charge in [0, 0.05) is 30.3 Å². The Balaban J connectivity index is 1.52. The predicted molar refractivity (Wildman–Crippen MR) is 137 cm³/mol. The van der Waals surface area contributed by atoms with Crippen LogP contribution in [-0.2, 0) is 21.5 Å². The van der Waals surface area contributed by atoms with Crippen LogP contribution in [0.1, 0.15) is 44.0 Å². The monoisotopic (exact) mass is 532 g/mol. The molecular weight excluding hydrogens is 506 g/mol. The molecule has 0 bridgehead atoms. The molecule has 39 heavy (non-hydrogen) atoms. The number of carbonyl (C=O) groups excluding carboxylic acids is 2. The minimum atomic E-state index is -3.55. The largest absolute Gasteiger partial charge is 0.368 e. The molecule has 0 saturated heterocycles. The Hall–Kier alpha value is -4.66. The van der Waals surface area contributed by atoms with Crippen molar-refractivity contribution >= 4 is 22.7 Å². The maximum atomic E-state index is 13.7. The minimum absolute atomic E-state index is 0.0371. The maximum absolute atomic E-state index is 13.7. The topological polar surface area (TPSA) is 145 Å². The number of halogens is 2. The summed E-state index contributed by atoms with van der Waals surface area (Å²) in [6, 6.07) is 10.0. The van der Waals surface area contributed by atoms with Crippen molar-refractivity contribution in [1.82, 2.24) is 29.9 Å². The van der Waals surface area contributed by atoms with E-state index in [1.165, 1.54) is 4.68 Å². The summed E-state index contributed by atoms with van der Waals surface area (Å²) in [5.74, 6) is -5.44. The Morgan fingerprint density at radius 1 is 1.18 bits per heavy atom. The van der Waals surface area contributed by atoms with E-state index in [1.807, 2.05) is 18.2 Å². The van der Waals surface area contributed by atoms with E-state index in [0.29, 0.717) is 23.7 Å². The van der Waals surface area contributed by atoms with Gasteiger partial charge in [-0.2, -0.15) is 24.2 Å². The van der Waals surface area contributed by atoms with Crippen molar-refractivity contribution in [3.05, 3.63) is 66.4 Å². The number of hydrogen-bond acceptors (Lipinski definition) is 6. The molecule has 0 aliphatic heterocycles. The summed E-state index contributed by atoms with van der Waals surface area (Å²) in [4.78, 5) is 27.9. The highest BCUT2D eigenvalue weighted by atomic mass is 19.3. The van der Waals surface area contributed by atoms with Crippen LogP contribution >= 0.6 is 0 Å². The molecule has 3 aromatic heterocycles. The Morgan fingerprint density at radius 2 is 1.95 bits per heavy atom. The molecule has 4 aromatic rings. The zero-order valence-corrected chi connectivity index (χ0v) is 21.3. The zero-order valence-electron chi connectivity index (χ0n) is 21.3. The molecule has 3 heterocycles. The molecule has 0 spiro atoms. The predicted octanol–water partition coefficient (Wildman–Crippen LogP) is 3.08. The highest BCUT2D eigenvalue weighted by molar-refractivity contribution is 5.85. The number of alkyl halides is 2. The average molecular weight is 533 g/mol. The highest BCUT2D eigenvalue weighted by Gasteiger charge is 2.46. The van der Waals surface area contributed by atoms with E-state index >= 15 is 0 Å². The standard InChI is InChI=1S/C27H26F2N8O2/c1-16(35-25(39)26(2,28)29)24(18-4-6-22(32-10-18)27(15-30)7-8-27)37-21-5-3-17(9-19(21)11-34-37)20-12-33-36(13-20)14-23(31)38/h3-6,9-13,16,24H,7-8,14H2,1-2H3,(H2,31,38)(H,35,39)/t16-,24?/m0/s1. The van der Waals surface area contributed by atoms with Crippen LogP contribution in [0.15, 0.2) is 55.1 Å². The van der Waals surface area contributed by atoms with Crippen LogP contribution in [0.5, 0.6) is 0 Å².